The fraction of sp³-hybridized carbons (Fsp3) is 0.333. The number of likely N-dealkylation sites (N-methyl/N-ethyl adjacent to an activating group) is 1. The highest BCUT2D eigenvalue weighted by Crippen LogP contribution is 2.33. The van der Waals surface area contributed by atoms with Crippen molar-refractivity contribution in [2.24, 2.45) is 0 Å². The van der Waals surface area contributed by atoms with Crippen LogP contribution >= 0.6 is 22.9 Å². The minimum absolute atomic E-state index is 1.11. The van der Waals surface area contributed by atoms with Gasteiger partial charge in [-0.15, -0.1) is 0 Å². The first-order valence-corrected chi connectivity index (χ1v) is 4.99. The zero-order valence-corrected chi connectivity index (χ0v) is 9.15. The van der Waals surface area contributed by atoms with Crippen LogP contribution in [0.4, 0.5) is 11.4 Å². The van der Waals surface area contributed by atoms with E-state index in [0.29, 0.717) is 0 Å². The Morgan fingerprint density at radius 3 is 2.50 bits per heavy atom. The molecule has 1 aliphatic rings. The lowest BCUT2D eigenvalue weighted by Gasteiger charge is -2.32. The van der Waals surface area contributed by atoms with E-state index in [1.807, 2.05) is 0 Å². The number of rotatable bonds is 0. The van der Waals surface area contributed by atoms with Crippen LogP contribution in [0.3, 0.4) is 0 Å². The molecule has 0 saturated carbocycles. The first kappa shape index (κ1) is 8.16. The molecule has 0 atom stereocenters. The number of para-hydroxylation sites is 2. The summed E-state index contributed by atoms with van der Waals surface area (Å²) in [6.07, 6.45) is 0. The standard InChI is InChI=1S/C9H11IN2/c1-11-6-7-12(10)9-5-3-2-4-8(9)11/h2-5H,6-7H2,1H3. The molecule has 1 aliphatic heterocycles. The van der Waals surface area contributed by atoms with Crippen LogP contribution in [-0.2, 0) is 0 Å². The van der Waals surface area contributed by atoms with Crippen LogP contribution in [-0.4, -0.2) is 20.1 Å². The number of benzene rings is 1. The van der Waals surface area contributed by atoms with Crippen molar-refractivity contribution in [3.8, 4) is 0 Å². The van der Waals surface area contributed by atoms with Gasteiger partial charge in [0.05, 0.1) is 34.2 Å². The van der Waals surface area contributed by atoms with E-state index in [-0.39, 0.29) is 0 Å². The maximum atomic E-state index is 2.36. The monoisotopic (exact) mass is 274 g/mol. The largest absolute Gasteiger partial charge is 0.371 e. The summed E-state index contributed by atoms with van der Waals surface area (Å²) in [6, 6.07) is 8.51. The Labute approximate surface area is 86.7 Å². The number of hydrogen-bond donors (Lipinski definition) is 0. The zero-order valence-electron chi connectivity index (χ0n) is 7.00. The second-order valence-electron chi connectivity index (χ2n) is 3.00. The van der Waals surface area contributed by atoms with E-state index in [2.05, 4.69) is 62.2 Å². The van der Waals surface area contributed by atoms with E-state index in [4.69, 9.17) is 0 Å². The van der Waals surface area contributed by atoms with Crippen LogP contribution in [0.15, 0.2) is 24.3 Å². The Kier molecular flexibility index (Phi) is 2.12. The van der Waals surface area contributed by atoms with Crippen LogP contribution in [0.1, 0.15) is 0 Å². The molecule has 0 unspecified atom stereocenters. The first-order chi connectivity index (χ1) is 5.79. The average Bonchev–Trinajstić information content (AvgIpc) is 2.12. The zero-order chi connectivity index (χ0) is 8.55. The summed E-state index contributed by atoms with van der Waals surface area (Å²) in [4.78, 5) is 2.30. The van der Waals surface area contributed by atoms with Gasteiger partial charge in [0, 0.05) is 20.1 Å². The van der Waals surface area contributed by atoms with Crippen molar-refractivity contribution in [2.45, 2.75) is 0 Å². The third-order valence-electron chi connectivity index (χ3n) is 2.19. The predicted octanol–water partition coefficient (Wildman–Crippen LogP) is 2.29. The molecule has 0 N–H and O–H groups in total. The number of halogens is 1. The highest BCUT2D eigenvalue weighted by molar-refractivity contribution is 14.1. The van der Waals surface area contributed by atoms with Gasteiger partial charge in [-0.05, 0) is 12.1 Å². The molecule has 2 rings (SSSR count). The quantitative estimate of drug-likeness (QED) is 0.529. The molecule has 0 amide bonds. The molecule has 3 heteroatoms. The van der Waals surface area contributed by atoms with Gasteiger partial charge in [-0.1, -0.05) is 12.1 Å². The summed E-state index contributed by atoms with van der Waals surface area (Å²) >= 11 is 2.36. The second kappa shape index (κ2) is 3.12. The molecule has 1 aromatic rings. The van der Waals surface area contributed by atoms with Gasteiger partial charge in [0.2, 0.25) is 0 Å². The maximum Gasteiger partial charge on any atom is 0.0691 e. The Morgan fingerprint density at radius 2 is 1.83 bits per heavy atom. The van der Waals surface area contributed by atoms with Gasteiger partial charge in [0.15, 0.2) is 0 Å². The topological polar surface area (TPSA) is 6.48 Å². The van der Waals surface area contributed by atoms with Crippen LogP contribution in [0, 0.1) is 0 Å². The Bertz CT molecular complexity index is 259. The summed E-state index contributed by atoms with van der Waals surface area (Å²) in [5.41, 5.74) is 2.66. The Hall–Kier alpha value is -0.450. The van der Waals surface area contributed by atoms with Crippen LogP contribution < -0.4 is 8.01 Å². The molecule has 0 saturated heterocycles. The molecule has 0 aliphatic carbocycles. The first-order valence-electron chi connectivity index (χ1n) is 4.02. The van der Waals surface area contributed by atoms with Gasteiger partial charge >= 0.3 is 0 Å². The molecule has 12 heavy (non-hydrogen) atoms. The lowest BCUT2D eigenvalue weighted by Crippen LogP contribution is -2.33. The van der Waals surface area contributed by atoms with Crippen molar-refractivity contribution >= 4 is 34.2 Å². The molecule has 0 fully saturated rings. The van der Waals surface area contributed by atoms with Crippen molar-refractivity contribution < 1.29 is 0 Å². The molecular weight excluding hydrogens is 263 g/mol. The van der Waals surface area contributed by atoms with Crippen molar-refractivity contribution in [1.29, 1.82) is 0 Å². The molecule has 0 spiro atoms. The molecule has 0 bridgehead atoms. The number of anilines is 2. The van der Waals surface area contributed by atoms with E-state index in [1.54, 1.807) is 0 Å². The summed E-state index contributed by atoms with van der Waals surface area (Å²) < 4.78 is 2.27. The average molecular weight is 274 g/mol. The minimum Gasteiger partial charge on any atom is -0.371 e. The Morgan fingerprint density at radius 1 is 1.17 bits per heavy atom. The minimum atomic E-state index is 1.11. The summed E-state index contributed by atoms with van der Waals surface area (Å²) in [5.74, 6) is 0. The molecule has 2 nitrogen and oxygen atoms in total. The molecule has 1 aromatic carbocycles. The third kappa shape index (κ3) is 1.26. The molecule has 1 heterocycles. The normalized spacial score (nSPS) is 16.2. The van der Waals surface area contributed by atoms with Gasteiger partial charge < -0.3 is 8.01 Å². The fourth-order valence-electron chi connectivity index (χ4n) is 1.47. The van der Waals surface area contributed by atoms with Crippen molar-refractivity contribution in [3.05, 3.63) is 24.3 Å². The van der Waals surface area contributed by atoms with Crippen molar-refractivity contribution in [3.63, 3.8) is 0 Å². The second-order valence-corrected chi connectivity index (χ2v) is 4.16. The SMILES string of the molecule is CN1CCN(I)c2ccccc21. The van der Waals surface area contributed by atoms with E-state index >= 15 is 0 Å². The van der Waals surface area contributed by atoms with Crippen molar-refractivity contribution in [2.75, 3.05) is 28.2 Å². The smallest absolute Gasteiger partial charge is 0.0691 e. The highest BCUT2D eigenvalue weighted by atomic mass is 127. The van der Waals surface area contributed by atoms with Gasteiger partial charge in [0.25, 0.3) is 0 Å². The van der Waals surface area contributed by atoms with Gasteiger partial charge in [0.1, 0.15) is 0 Å². The molecular formula is C9H11IN2. The summed E-state index contributed by atoms with van der Waals surface area (Å²) in [7, 11) is 2.14. The lowest BCUT2D eigenvalue weighted by molar-refractivity contribution is 0.863. The van der Waals surface area contributed by atoms with Crippen molar-refractivity contribution in [1.82, 2.24) is 0 Å². The maximum absolute atomic E-state index is 2.36. The molecule has 0 radical (unpaired) electrons. The van der Waals surface area contributed by atoms with Gasteiger partial charge in [-0.2, -0.15) is 0 Å². The van der Waals surface area contributed by atoms with Gasteiger partial charge in [-0.3, -0.25) is 0 Å². The number of hydrogen-bond acceptors (Lipinski definition) is 2. The molecule has 0 aromatic heterocycles. The summed E-state index contributed by atoms with van der Waals surface area (Å²) in [6.45, 7) is 2.22. The van der Waals surface area contributed by atoms with E-state index in [1.165, 1.54) is 11.4 Å². The Balaban J connectivity index is 2.47. The van der Waals surface area contributed by atoms with Crippen LogP contribution in [0.25, 0.3) is 0 Å². The number of fused-ring (bicyclic) bond motifs is 1. The van der Waals surface area contributed by atoms with E-state index in [9.17, 15) is 0 Å². The highest BCUT2D eigenvalue weighted by Gasteiger charge is 2.16. The third-order valence-corrected chi connectivity index (χ3v) is 3.19. The van der Waals surface area contributed by atoms with E-state index in [0.717, 1.165) is 13.1 Å². The lowest BCUT2D eigenvalue weighted by atomic mass is 10.2. The fourth-order valence-corrected chi connectivity index (χ4v) is 2.09. The van der Waals surface area contributed by atoms with Crippen LogP contribution in [0.5, 0.6) is 0 Å². The molecule has 64 valence electrons. The van der Waals surface area contributed by atoms with Crippen LogP contribution in [0.2, 0.25) is 0 Å². The predicted molar refractivity (Wildman–Crippen MR) is 61.1 cm³/mol. The summed E-state index contributed by atoms with van der Waals surface area (Å²) in [5, 5.41) is 0. The van der Waals surface area contributed by atoms with Gasteiger partial charge in [-0.25, -0.2) is 0 Å². The van der Waals surface area contributed by atoms with E-state index < -0.39 is 0 Å². The number of nitrogens with zero attached hydrogens (tertiary/aromatic N) is 2.